The van der Waals surface area contributed by atoms with Crippen LogP contribution in [0.1, 0.15) is 27.0 Å². The number of rotatable bonds is 8. The van der Waals surface area contributed by atoms with Gasteiger partial charge in [0.1, 0.15) is 0 Å². The smallest absolute Gasteiger partial charge is 0.258 e. The Balaban J connectivity index is 1.52. The lowest BCUT2D eigenvalue weighted by atomic mass is 10.1. The van der Waals surface area contributed by atoms with Gasteiger partial charge in [0.25, 0.3) is 5.91 Å². The summed E-state index contributed by atoms with van der Waals surface area (Å²) < 4.78 is 0. The quantitative estimate of drug-likeness (QED) is 0.433. The number of pyridine rings is 1. The van der Waals surface area contributed by atoms with Gasteiger partial charge in [-0.25, -0.2) is 0 Å². The number of carbonyl (C=O) groups excluding carboxylic acids is 2. The molecule has 2 amide bonds. The van der Waals surface area contributed by atoms with Crippen LogP contribution in [-0.2, 0) is 24.3 Å². The van der Waals surface area contributed by atoms with Crippen LogP contribution in [0.15, 0.2) is 109 Å². The van der Waals surface area contributed by atoms with E-state index in [1.165, 1.54) is 0 Å². The fourth-order valence-electron chi connectivity index (χ4n) is 3.57. The Hall–Kier alpha value is -4.25. The first-order valence-corrected chi connectivity index (χ1v) is 10.8. The lowest BCUT2D eigenvalue weighted by Crippen LogP contribution is -2.30. The Morgan fingerprint density at radius 1 is 0.727 bits per heavy atom. The minimum absolute atomic E-state index is 0.0760. The van der Waals surface area contributed by atoms with Gasteiger partial charge in [-0.1, -0.05) is 60.7 Å². The molecule has 0 aliphatic heterocycles. The molecule has 0 saturated carbocycles. The number of anilines is 1. The Morgan fingerprint density at radius 2 is 1.39 bits per heavy atom. The molecular formula is C28H25N3O2. The van der Waals surface area contributed by atoms with Crippen molar-refractivity contribution in [2.75, 3.05) is 4.90 Å². The van der Waals surface area contributed by atoms with Crippen LogP contribution < -0.4 is 10.2 Å². The molecule has 0 atom stereocenters. The third-order valence-electron chi connectivity index (χ3n) is 5.28. The maximum Gasteiger partial charge on any atom is 0.258 e. The molecule has 1 aromatic heterocycles. The van der Waals surface area contributed by atoms with Crippen molar-refractivity contribution in [2.45, 2.75) is 19.5 Å². The average Bonchev–Trinajstić information content (AvgIpc) is 2.87. The zero-order valence-corrected chi connectivity index (χ0v) is 18.2. The molecule has 0 fully saturated rings. The van der Waals surface area contributed by atoms with Crippen molar-refractivity contribution in [3.63, 3.8) is 0 Å². The predicted octanol–water partition coefficient (Wildman–Crippen LogP) is 4.79. The second kappa shape index (κ2) is 10.9. The molecular weight excluding hydrogens is 410 g/mol. The second-order valence-electron chi connectivity index (χ2n) is 7.72. The summed E-state index contributed by atoms with van der Waals surface area (Å²) in [6.45, 7) is 0.889. The Bertz CT molecular complexity index is 1200. The predicted molar refractivity (Wildman–Crippen MR) is 130 cm³/mol. The normalized spacial score (nSPS) is 10.4. The van der Waals surface area contributed by atoms with Crippen molar-refractivity contribution in [3.8, 4) is 0 Å². The average molecular weight is 436 g/mol. The van der Waals surface area contributed by atoms with Crippen molar-refractivity contribution in [1.29, 1.82) is 0 Å². The summed E-state index contributed by atoms with van der Waals surface area (Å²) in [5.74, 6) is -0.160. The highest BCUT2D eigenvalue weighted by atomic mass is 16.2. The molecule has 0 radical (unpaired) electrons. The summed E-state index contributed by atoms with van der Waals surface area (Å²) in [7, 11) is 0. The van der Waals surface area contributed by atoms with Crippen molar-refractivity contribution >= 4 is 17.5 Å². The first-order chi connectivity index (χ1) is 16.2. The van der Waals surface area contributed by atoms with Crippen LogP contribution >= 0.6 is 0 Å². The molecule has 1 N–H and O–H groups in total. The van der Waals surface area contributed by atoms with Gasteiger partial charge in [0.2, 0.25) is 5.91 Å². The molecule has 5 heteroatoms. The summed E-state index contributed by atoms with van der Waals surface area (Å²) in [6.07, 6.45) is 3.64. The fraction of sp³-hybridized carbons (Fsp3) is 0.107. The van der Waals surface area contributed by atoms with E-state index >= 15 is 0 Å². The van der Waals surface area contributed by atoms with Crippen LogP contribution in [0.4, 0.5) is 5.69 Å². The maximum atomic E-state index is 13.4. The van der Waals surface area contributed by atoms with E-state index in [1.54, 1.807) is 17.3 Å². The summed E-state index contributed by atoms with van der Waals surface area (Å²) in [5, 5.41) is 2.94. The maximum absolute atomic E-state index is 13.4. The SMILES string of the molecule is O=C(Cc1cccc(N(Cc2ccccc2)C(=O)c2ccccc2)c1)NCc1ccncc1. The molecule has 0 unspecified atom stereocenters. The van der Waals surface area contributed by atoms with E-state index in [2.05, 4.69) is 10.3 Å². The van der Waals surface area contributed by atoms with E-state index in [-0.39, 0.29) is 18.2 Å². The van der Waals surface area contributed by atoms with Gasteiger partial charge in [-0.15, -0.1) is 0 Å². The molecule has 1 heterocycles. The van der Waals surface area contributed by atoms with E-state index in [4.69, 9.17) is 0 Å². The van der Waals surface area contributed by atoms with Gasteiger partial charge >= 0.3 is 0 Å². The summed E-state index contributed by atoms with van der Waals surface area (Å²) in [6, 6.07) is 30.5. The minimum atomic E-state index is -0.0845. The third-order valence-corrected chi connectivity index (χ3v) is 5.28. The van der Waals surface area contributed by atoms with E-state index < -0.39 is 0 Å². The highest BCUT2D eigenvalue weighted by Gasteiger charge is 2.19. The molecule has 33 heavy (non-hydrogen) atoms. The number of nitrogens with one attached hydrogen (secondary N) is 1. The van der Waals surface area contributed by atoms with Gasteiger partial charge < -0.3 is 10.2 Å². The standard InChI is InChI=1S/C28H25N3O2/c32-27(30-20-22-14-16-29-17-15-22)19-24-10-7-13-26(18-24)31(21-23-8-3-1-4-9-23)28(33)25-11-5-2-6-12-25/h1-18H,19-21H2,(H,30,32). The van der Waals surface area contributed by atoms with Crippen LogP contribution in [0.2, 0.25) is 0 Å². The number of benzene rings is 3. The second-order valence-corrected chi connectivity index (χ2v) is 7.72. The Kier molecular flexibility index (Phi) is 7.23. The van der Waals surface area contributed by atoms with Crippen molar-refractivity contribution in [2.24, 2.45) is 0 Å². The highest BCUT2D eigenvalue weighted by molar-refractivity contribution is 6.06. The summed E-state index contributed by atoms with van der Waals surface area (Å²) >= 11 is 0. The molecule has 0 aliphatic carbocycles. The van der Waals surface area contributed by atoms with Crippen molar-refractivity contribution < 1.29 is 9.59 Å². The van der Waals surface area contributed by atoms with E-state index in [9.17, 15) is 9.59 Å². The minimum Gasteiger partial charge on any atom is -0.352 e. The van der Waals surface area contributed by atoms with Crippen LogP contribution in [0, 0.1) is 0 Å². The topological polar surface area (TPSA) is 62.3 Å². The Morgan fingerprint density at radius 3 is 2.12 bits per heavy atom. The number of nitrogens with zero attached hydrogens (tertiary/aromatic N) is 2. The van der Waals surface area contributed by atoms with Crippen LogP contribution in [0.3, 0.4) is 0 Å². The number of amides is 2. The highest BCUT2D eigenvalue weighted by Crippen LogP contribution is 2.22. The molecule has 5 nitrogen and oxygen atoms in total. The van der Waals surface area contributed by atoms with Gasteiger partial charge in [-0.2, -0.15) is 0 Å². The van der Waals surface area contributed by atoms with E-state index in [0.29, 0.717) is 18.7 Å². The summed E-state index contributed by atoms with van der Waals surface area (Å²) in [4.78, 5) is 31.6. The molecule has 3 aromatic carbocycles. The molecule has 4 aromatic rings. The van der Waals surface area contributed by atoms with Crippen LogP contribution in [0.5, 0.6) is 0 Å². The number of hydrogen-bond acceptors (Lipinski definition) is 3. The Labute approximate surface area is 193 Å². The number of aromatic nitrogens is 1. The van der Waals surface area contributed by atoms with Gasteiger partial charge in [0.15, 0.2) is 0 Å². The zero-order chi connectivity index (χ0) is 22.9. The van der Waals surface area contributed by atoms with Gasteiger partial charge in [0.05, 0.1) is 13.0 Å². The molecule has 0 aliphatic rings. The number of carbonyl (C=O) groups is 2. The first kappa shape index (κ1) is 22.0. The monoisotopic (exact) mass is 435 g/mol. The van der Waals surface area contributed by atoms with Gasteiger partial charge in [-0.3, -0.25) is 14.6 Å². The largest absolute Gasteiger partial charge is 0.352 e. The lowest BCUT2D eigenvalue weighted by molar-refractivity contribution is -0.120. The van der Waals surface area contributed by atoms with Gasteiger partial charge in [0, 0.05) is 30.2 Å². The van der Waals surface area contributed by atoms with Crippen LogP contribution in [-0.4, -0.2) is 16.8 Å². The fourth-order valence-corrected chi connectivity index (χ4v) is 3.57. The van der Waals surface area contributed by atoms with Crippen molar-refractivity contribution in [3.05, 3.63) is 132 Å². The number of hydrogen-bond donors (Lipinski definition) is 1. The summed E-state index contributed by atoms with van der Waals surface area (Å²) in [5.41, 5.74) is 4.25. The lowest BCUT2D eigenvalue weighted by Gasteiger charge is -2.24. The molecule has 0 saturated heterocycles. The zero-order valence-electron chi connectivity index (χ0n) is 18.2. The van der Waals surface area contributed by atoms with E-state index in [1.807, 2.05) is 97.1 Å². The molecule has 0 spiro atoms. The molecule has 4 rings (SSSR count). The third kappa shape index (κ3) is 6.14. The van der Waals surface area contributed by atoms with Crippen molar-refractivity contribution in [1.82, 2.24) is 10.3 Å². The molecule has 164 valence electrons. The molecule has 0 bridgehead atoms. The van der Waals surface area contributed by atoms with Crippen LogP contribution in [0.25, 0.3) is 0 Å². The van der Waals surface area contributed by atoms with E-state index in [0.717, 1.165) is 22.4 Å². The van der Waals surface area contributed by atoms with Gasteiger partial charge in [-0.05, 0) is 53.1 Å². The first-order valence-electron chi connectivity index (χ1n) is 10.8.